The van der Waals surface area contributed by atoms with E-state index in [4.69, 9.17) is 0 Å². The molecule has 0 radical (unpaired) electrons. The molecule has 0 spiro atoms. The number of carbonyl (C=O) groups excluding carboxylic acids is 1. The molecule has 0 bridgehead atoms. The maximum Gasteiger partial charge on any atom is 0.145 e. The van der Waals surface area contributed by atoms with Crippen LogP contribution < -0.4 is 0 Å². The molecule has 5 atom stereocenters. The van der Waals surface area contributed by atoms with Crippen LogP contribution in [0.5, 0.6) is 0 Å². The molecular weight excluding hydrogens is 256 g/mol. The Morgan fingerprint density at radius 3 is 2.76 bits per heavy atom. The Morgan fingerprint density at radius 2 is 2.10 bits per heavy atom. The van der Waals surface area contributed by atoms with Crippen molar-refractivity contribution >= 4 is 5.78 Å². The number of ketones is 1. The first-order valence-corrected chi connectivity index (χ1v) is 8.94. The number of Topliss-reactive ketones (excluding diaryl/α,β-unsaturated/α-hetero) is 1. The lowest BCUT2D eigenvalue weighted by atomic mass is 9.76. The molecule has 1 fully saturated rings. The molecule has 1 saturated carbocycles. The zero-order chi connectivity index (χ0) is 15.0. The van der Waals surface area contributed by atoms with Crippen molar-refractivity contribution in [2.45, 2.75) is 65.7 Å². The summed E-state index contributed by atoms with van der Waals surface area (Å²) >= 11 is 0. The van der Waals surface area contributed by atoms with E-state index in [2.05, 4.69) is 32.6 Å². The predicted octanol–water partition coefficient (Wildman–Crippen LogP) is 4.77. The van der Waals surface area contributed by atoms with Crippen LogP contribution in [0.2, 0.25) is 0 Å². The molecule has 0 amide bonds. The van der Waals surface area contributed by atoms with Crippen molar-refractivity contribution in [3.05, 3.63) is 11.1 Å². The van der Waals surface area contributed by atoms with Gasteiger partial charge >= 0.3 is 0 Å². The van der Waals surface area contributed by atoms with E-state index in [1.807, 2.05) is 0 Å². The molecule has 0 heterocycles. The average molecular weight is 284 g/mol. The van der Waals surface area contributed by atoms with Crippen molar-refractivity contribution in [1.82, 2.24) is 0 Å². The summed E-state index contributed by atoms with van der Waals surface area (Å²) in [6.45, 7) is 6.85. The minimum absolute atomic E-state index is 0.144. The zero-order valence-corrected chi connectivity index (χ0v) is 13.7. The van der Waals surface area contributed by atoms with Gasteiger partial charge in [0, 0.05) is 17.9 Å². The standard InChI is InChI=1S/C20H28O/c1-4-8-14-9-6-10-16-17(19-13(3)15(19)5-2)11-7-12-18(16)20(14)21/h13-15,18-19H,4-5,7-9,11-12H2,1-3H3/t13?,14?,15?,18-,19?/m1/s1. The van der Waals surface area contributed by atoms with Crippen molar-refractivity contribution in [3.8, 4) is 11.8 Å². The normalized spacial score (nSPS) is 38.4. The van der Waals surface area contributed by atoms with Gasteiger partial charge in [0.15, 0.2) is 0 Å². The quantitative estimate of drug-likeness (QED) is 0.680. The fraction of sp³-hybridized carbons (Fsp3) is 0.750. The van der Waals surface area contributed by atoms with Crippen LogP contribution in [0.3, 0.4) is 0 Å². The van der Waals surface area contributed by atoms with Gasteiger partial charge in [-0.2, -0.15) is 0 Å². The van der Waals surface area contributed by atoms with Gasteiger partial charge in [-0.25, -0.2) is 0 Å². The van der Waals surface area contributed by atoms with Gasteiger partial charge in [-0.05, 0) is 43.4 Å². The van der Waals surface area contributed by atoms with Gasteiger partial charge in [0.1, 0.15) is 5.78 Å². The first kappa shape index (κ1) is 14.9. The van der Waals surface area contributed by atoms with Crippen molar-refractivity contribution in [2.75, 3.05) is 0 Å². The number of hydrogen-bond donors (Lipinski definition) is 0. The fourth-order valence-electron chi connectivity index (χ4n) is 4.79. The SMILES string of the molecule is CCCC1CC#CC2=C(C3C(C)C3CC)CCC[C@H]2C1=O. The minimum atomic E-state index is 0.144. The third kappa shape index (κ3) is 2.59. The lowest BCUT2D eigenvalue weighted by molar-refractivity contribution is -0.126. The molecule has 114 valence electrons. The Morgan fingerprint density at radius 1 is 1.29 bits per heavy atom. The van der Waals surface area contributed by atoms with Crippen LogP contribution in [0.4, 0.5) is 0 Å². The highest BCUT2D eigenvalue weighted by atomic mass is 16.1. The molecule has 0 aromatic rings. The topological polar surface area (TPSA) is 17.1 Å². The van der Waals surface area contributed by atoms with Crippen LogP contribution in [0.25, 0.3) is 0 Å². The maximum absolute atomic E-state index is 12.9. The van der Waals surface area contributed by atoms with E-state index in [1.54, 1.807) is 5.57 Å². The largest absolute Gasteiger partial charge is 0.299 e. The van der Waals surface area contributed by atoms with Gasteiger partial charge in [0.05, 0.1) is 5.92 Å². The highest BCUT2D eigenvalue weighted by Crippen LogP contribution is 2.56. The van der Waals surface area contributed by atoms with Crippen LogP contribution in [-0.4, -0.2) is 5.78 Å². The molecule has 0 aromatic heterocycles. The predicted molar refractivity (Wildman–Crippen MR) is 86.6 cm³/mol. The van der Waals surface area contributed by atoms with Crippen molar-refractivity contribution < 1.29 is 4.79 Å². The smallest absolute Gasteiger partial charge is 0.145 e. The minimum Gasteiger partial charge on any atom is -0.299 e. The Labute approximate surface area is 129 Å². The Balaban J connectivity index is 1.91. The van der Waals surface area contributed by atoms with Crippen molar-refractivity contribution in [3.63, 3.8) is 0 Å². The lowest BCUT2D eigenvalue weighted by Gasteiger charge is -2.26. The zero-order valence-electron chi connectivity index (χ0n) is 13.7. The van der Waals surface area contributed by atoms with E-state index in [-0.39, 0.29) is 11.8 Å². The molecular formula is C20H28O. The summed E-state index contributed by atoms with van der Waals surface area (Å²) in [4.78, 5) is 12.9. The van der Waals surface area contributed by atoms with Crippen LogP contribution >= 0.6 is 0 Å². The van der Waals surface area contributed by atoms with Crippen LogP contribution in [-0.2, 0) is 4.79 Å². The van der Waals surface area contributed by atoms with E-state index in [0.717, 1.165) is 43.4 Å². The van der Waals surface area contributed by atoms with Gasteiger partial charge in [-0.1, -0.05) is 51.0 Å². The third-order valence-corrected chi connectivity index (χ3v) is 6.02. The van der Waals surface area contributed by atoms with Gasteiger partial charge in [-0.3, -0.25) is 4.79 Å². The number of allylic oxidation sites excluding steroid dienone is 2. The maximum atomic E-state index is 12.9. The number of rotatable bonds is 4. The van der Waals surface area contributed by atoms with E-state index in [1.165, 1.54) is 24.8 Å². The fourth-order valence-corrected chi connectivity index (χ4v) is 4.79. The first-order chi connectivity index (χ1) is 10.2. The van der Waals surface area contributed by atoms with Gasteiger partial charge in [-0.15, -0.1) is 0 Å². The summed E-state index contributed by atoms with van der Waals surface area (Å²) in [6, 6.07) is 0. The molecule has 3 rings (SSSR count). The van der Waals surface area contributed by atoms with Gasteiger partial charge in [0.25, 0.3) is 0 Å². The second kappa shape index (κ2) is 5.99. The number of carbonyl (C=O) groups is 1. The van der Waals surface area contributed by atoms with E-state index < -0.39 is 0 Å². The van der Waals surface area contributed by atoms with Crippen molar-refractivity contribution in [2.24, 2.45) is 29.6 Å². The molecule has 0 aliphatic heterocycles. The first-order valence-electron chi connectivity index (χ1n) is 8.94. The van der Waals surface area contributed by atoms with Crippen LogP contribution in [0.15, 0.2) is 11.1 Å². The van der Waals surface area contributed by atoms with E-state index >= 15 is 0 Å². The summed E-state index contributed by atoms with van der Waals surface area (Å²) < 4.78 is 0. The lowest BCUT2D eigenvalue weighted by Crippen LogP contribution is -2.26. The molecule has 0 aromatic carbocycles. The van der Waals surface area contributed by atoms with Crippen molar-refractivity contribution in [1.29, 1.82) is 0 Å². The second-order valence-electron chi connectivity index (χ2n) is 7.23. The van der Waals surface area contributed by atoms with Gasteiger partial charge < -0.3 is 0 Å². The molecule has 0 N–H and O–H groups in total. The summed E-state index contributed by atoms with van der Waals surface area (Å²) in [5, 5.41) is 0. The summed E-state index contributed by atoms with van der Waals surface area (Å²) in [5.74, 6) is 10.0. The highest BCUT2D eigenvalue weighted by Gasteiger charge is 2.49. The molecule has 21 heavy (non-hydrogen) atoms. The Hall–Kier alpha value is -1.03. The summed E-state index contributed by atoms with van der Waals surface area (Å²) in [7, 11) is 0. The molecule has 3 aliphatic rings. The van der Waals surface area contributed by atoms with Gasteiger partial charge in [0.2, 0.25) is 0 Å². The highest BCUT2D eigenvalue weighted by molar-refractivity contribution is 5.88. The number of hydrogen-bond acceptors (Lipinski definition) is 1. The third-order valence-electron chi connectivity index (χ3n) is 6.02. The monoisotopic (exact) mass is 284 g/mol. The molecule has 4 unspecified atom stereocenters. The van der Waals surface area contributed by atoms with Crippen LogP contribution in [0, 0.1) is 41.4 Å². The molecule has 0 saturated heterocycles. The average Bonchev–Trinajstić information content (AvgIpc) is 3.18. The van der Waals surface area contributed by atoms with Crippen LogP contribution in [0.1, 0.15) is 65.7 Å². The molecule has 3 aliphatic carbocycles. The molecule has 1 nitrogen and oxygen atoms in total. The summed E-state index contributed by atoms with van der Waals surface area (Å²) in [5.41, 5.74) is 2.83. The second-order valence-corrected chi connectivity index (χ2v) is 7.23. The Bertz CT molecular complexity index is 516. The van der Waals surface area contributed by atoms with E-state index in [0.29, 0.717) is 5.78 Å². The Kier molecular flexibility index (Phi) is 4.25. The summed E-state index contributed by atoms with van der Waals surface area (Å²) in [6.07, 6.45) is 7.60. The molecule has 1 heteroatoms. The number of fused-ring (bicyclic) bond motifs is 1. The van der Waals surface area contributed by atoms with E-state index in [9.17, 15) is 4.79 Å².